The third kappa shape index (κ3) is 11.9. The Morgan fingerprint density at radius 3 is 1.01 bits per heavy atom. The number of nitrogens with one attached hydrogen (secondary N) is 4. The minimum Gasteiger partial charge on any atom is -0.507 e. The average molecular weight is 1020 g/mol. The van der Waals surface area contributed by atoms with Gasteiger partial charge in [0.15, 0.2) is 13.2 Å². The van der Waals surface area contributed by atoms with Gasteiger partial charge in [-0.05, 0) is 113 Å². The molecule has 0 radical (unpaired) electrons. The van der Waals surface area contributed by atoms with Crippen LogP contribution in [0.4, 0.5) is 0 Å². The second-order valence-corrected chi connectivity index (χ2v) is 24.8. The Hall–Kier alpha value is -7.60. The second-order valence-electron chi connectivity index (χ2n) is 24.8. The molecule has 0 aliphatic heterocycles. The van der Waals surface area contributed by atoms with Gasteiger partial charge in [-0.2, -0.15) is 0 Å². The van der Waals surface area contributed by atoms with Gasteiger partial charge in [-0.3, -0.25) is 9.59 Å². The van der Waals surface area contributed by atoms with E-state index in [9.17, 15) is 19.8 Å². The first kappa shape index (κ1) is 53.2. The van der Waals surface area contributed by atoms with Crippen LogP contribution in [-0.2, 0) is 70.0 Å². The molecule has 0 saturated heterocycles. The van der Waals surface area contributed by atoms with Gasteiger partial charge in [0, 0.05) is 25.7 Å². The monoisotopic (exact) mass is 1020 g/mol. The quantitative estimate of drug-likeness (QED) is 0.0785. The smallest absolute Gasteiger partial charge is 0.258 e. The molecule has 2 heterocycles. The highest BCUT2D eigenvalue weighted by Gasteiger charge is 2.29. The number of nitrogens with zero attached hydrogens (tertiary/aromatic N) is 2. The fraction of sp³-hybridized carbons (Fsp3) is 0.375. The zero-order chi connectivity index (χ0) is 54.5. The number of fused-ring (bicyclic) bond motifs is 10. The number of hydrogen-bond donors (Lipinski definition) is 6. The van der Waals surface area contributed by atoms with Crippen molar-refractivity contribution in [2.24, 2.45) is 0 Å². The third-order valence-corrected chi connectivity index (χ3v) is 14.5. The molecule has 9 rings (SSSR count). The molecule has 0 atom stereocenters. The number of carbonyl (C=O) groups is 2. The van der Waals surface area contributed by atoms with Crippen LogP contribution in [0, 0.1) is 0 Å². The fourth-order valence-electron chi connectivity index (χ4n) is 9.94. The standard InChI is InChI=1S/C64H74N6O6/c1-61(2,3)45-25-37-21-41-29-47(63(7,8)9)31-43(59(41)75-35-55(71)65-33-53-67-49-17-13-14-18-50(49)68-53)23-39-27-46(62(4,5)6)28-40(58(39)74)24-44-32-48(64(10,11)12)30-42(22-38(26-45)57(37)73)60(44)76-36-56(72)66-34-54-69-51-19-15-16-20-52(51)70-54/h13-20,25-32,73-74H,21-24,33-36H2,1-12H3,(H,65,71)(H,66,72)(H,67,68)(H,69,70). The van der Waals surface area contributed by atoms with Gasteiger partial charge in [0.2, 0.25) is 0 Å². The number of aromatic hydroxyl groups is 2. The van der Waals surface area contributed by atoms with E-state index >= 15 is 0 Å². The summed E-state index contributed by atoms with van der Waals surface area (Å²) in [6.45, 7) is 25.8. The van der Waals surface area contributed by atoms with Crippen LogP contribution in [0.2, 0.25) is 0 Å². The van der Waals surface area contributed by atoms with E-state index in [1.807, 2.05) is 48.5 Å². The lowest BCUT2D eigenvalue weighted by molar-refractivity contribution is -0.124. The summed E-state index contributed by atoms with van der Waals surface area (Å²) in [4.78, 5) is 43.5. The number of hydrogen-bond acceptors (Lipinski definition) is 8. The lowest BCUT2D eigenvalue weighted by Gasteiger charge is -2.28. The maximum Gasteiger partial charge on any atom is 0.258 e. The summed E-state index contributed by atoms with van der Waals surface area (Å²) in [6.07, 6.45) is 1.10. The summed E-state index contributed by atoms with van der Waals surface area (Å²) in [6, 6.07) is 32.4. The molecular formula is C64H74N6O6. The molecule has 0 fully saturated rings. The molecule has 6 aromatic carbocycles. The summed E-state index contributed by atoms with van der Waals surface area (Å²) in [7, 11) is 0. The number of phenols is 2. The maximum atomic E-state index is 13.8. The van der Waals surface area contributed by atoms with Gasteiger partial charge >= 0.3 is 0 Å². The number of aromatic nitrogens is 4. The Bertz CT molecular complexity index is 3110. The number of carbonyl (C=O) groups excluding carboxylic acids is 2. The van der Waals surface area contributed by atoms with Crippen molar-refractivity contribution in [3.05, 3.63) is 175 Å². The number of aromatic amines is 2. The highest BCUT2D eigenvalue weighted by molar-refractivity contribution is 5.79. The number of ether oxygens (including phenoxy) is 2. The third-order valence-electron chi connectivity index (χ3n) is 14.5. The molecule has 12 nitrogen and oxygen atoms in total. The molecule has 6 N–H and O–H groups in total. The highest BCUT2D eigenvalue weighted by atomic mass is 16.5. The number of benzene rings is 6. The minimum atomic E-state index is -0.323. The molecule has 0 unspecified atom stereocenters. The Morgan fingerprint density at radius 2 is 0.737 bits per heavy atom. The van der Waals surface area contributed by atoms with Crippen molar-refractivity contribution < 1.29 is 29.3 Å². The molecule has 1 aliphatic carbocycles. The van der Waals surface area contributed by atoms with Crippen LogP contribution in [0.15, 0.2) is 97.1 Å². The summed E-state index contributed by atoms with van der Waals surface area (Å²) in [5.74, 6) is 1.96. The lowest BCUT2D eigenvalue weighted by atomic mass is 9.79. The molecule has 12 heteroatoms. The van der Waals surface area contributed by atoms with Crippen molar-refractivity contribution in [3.63, 3.8) is 0 Å². The molecule has 0 spiro atoms. The lowest BCUT2D eigenvalue weighted by Crippen LogP contribution is -2.29. The SMILES string of the molecule is CC(C)(C)c1cc2c(O)c(c1)Cc1cc(C(C)(C)C)cc(c1OCC(=O)NCc1nc3ccccc3[nH]1)Cc1cc(C(C)(C)C)cc(c1O)Cc1cc(C(C)(C)C)cc(c1OCC(=O)NCc1nc3ccccc3[nH]1)C2. The summed E-state index contributed by atoms with van der Waals surface area (Å²) in [5.41, 5.74) is 12.3. The predicted molar refractivity (Wildman–Crippen MR) is 302 cm³/mol. The van der Waals surface area contributed by atoms with Gasteiger partial charge in [0.05, 0.1) is 35.2 Å². The molecule has 2 aromatic heterocycles. The van der Waals surface area contributed by atoms with E-state index < -0.39 is 0 Å². The van der Waals surface area contributed by atoms with Gasteiger partial charge in [0.25, 0.3) is 11.8 Å². The molecule has 396 valence electrons. The molecule has 0 saturated carbocycles. The number of phenolic OH excluding ortho intramolecular Hbond substituents is 2. The van der Waals surface area contributed by atoms with E-state index in [0.717, 1.165) is 66.6 Å². The van der Waals surface area contributed by atoms with Crippen LogP contribution in [0.3, 0.4) is 0 Å². The van der Waals surface area contributed by atoms with Crippen LogP contribution in [0.5, 0.6) is 23.0 Å². The van der Waals surface area contributed by atoms with E-state index in [-0.39, 0.29) is 97.0 Å². The Labute approximate surface area is 447 Å². The molecule has 1 aliphatic rings. The van der Waals surface area contributed by atoms with Gasteiger partial charge in [-0.15, -0.1) is 0 Å². The van der Waals surface area contributed by atoms with Crippen molar-refractivity contribution in [1.82, 2.24) is 30.6 Å². The summed E-state index contributed by atoms with van der Waals surface area (Å²) < 4.78 is 13.5. The number of rotatable bonds is 10. The summed E-state index contributed by atoms with van der Waals surface area (Å²) in [5, 5.41) is 31.5. The highest BCUT2D eigenvalue weighted by Crippen LogP contribution is 2.44. The van der Waals surface area contributed by atoms with E-state index in [1.54, 1.807) is 0 Å². The first-order chi connectivity index (χ1) is 35.8. The van der Waals surface area contributed by atoms with Crippen molar-refractivity contribution in [2.45, 2.75) is 144 Å². The maximum absolute atomic E-state index is 13.8. The molecular weight excluding hydrogens is 949 g/mol. The number of para-hydroxylation sites is 4. The zero-order valence-corrected chi connectivity index (χ0v) is 46.3. The number of H-pyrrole nitrogens is 2. The van der Waals surface area contributed by atoms with Crippen LogP contribution in [-0.4, -0.2) is 55.2 Å². The fourth-order valence-corrected chi connectivity index (χ4v) is 9.94. The van der Waals surface area contributed by atoms with Crippen LogP contribution in [0.25, 0.3) is 22.1 Å². The van der Waals surface area contributed by atoms with Crippen LogP contribution >= 0.6 is 0 Å². The van der Waals surface area contributed by atoms with E-state index in [0.29, 0.717) is 45.4 Å². The van der Waals surface area contributed by atoms with Crippen LogP contribution < -0.4 is 20.1 Å². The van der Waals surface area contributed by atoms with E-state index in [2.05, 4.69) is 162 Å². The van der Waals surface area contributed by atoms with Crippen molar-refractivity contribution in [1.29, 1.82) is 0 Å². The van der Waals surface area contributed by atoms with E-state index in [4.69, 9.17) is 9.47 Å². The Kier molecular flexibility index (Phi) is 14.4. The molecule has 76 heavy (non-hydrogen) atoms. The molecule has 2 amide bonds. The van der Waals surface area contributed by atoms with Crippen molar-refractivity contribution in [3.8, 4) is 23.0 Å². The van der Waals surface area contributed by atoms with Gasteiger partial charge in [0.1, 0.15) is 34.6 Å². The van der Waals surface area contributed by atoms with Gasteiger partial charge in [-0.25, -0.2) is 9.97 Å². The zero-order valence-electron chi connectivity index (χ0n) is 46.3. The average Bonchev–Trinajstić information content (AvgIpc) is 3.98. The van der Waals surface area contributed by atoms with Gasteiger partial charge in [-0.1, -0.05) is 156 Å². The first-order valence-electron chi connectivity index (χ1n) is 26.5. The minimum absolute atomic E-state index is 0.146. The van der Waals surface area contributed by atoms with Gasteiger partial charge < -0.3 is 40.3 Å². The van der Waals surface area contributed by atoms with E-state index in [1.165, 1.54) is 0 Å². The predicted octanol–water partition coefficient (Wildman–Crippen LogP) is 12.1. The normalized spacial score (nSPS) is 13.2. The summed E-state index contributed by atoms with van der Waals surface area (Å²) >= 11 is 0. The van der Waals surface area contributed by atoms with Crippen molar-refractivity contribution in [2.75, 3.05) is 13.2 Å². The topological polar surface area (TPSA) is 174 Å². The molecule has 8 bridgehead atoms. The Morgan fingerprint density at radius 1 is 0.461 bits per heavy atom. The number of amides is 2. The second kappa shape index (κ2) is 20.5. The Balaban J connectivity index is 1.18. The molecule has 8 aromatic rings. The van der Waals surface area contributed by atoms with Crippen LogP contribution in [0.1, 0.15) is 161 Å². The van der Waals surface area contributed by atoms with Crippen molar-refractivity contribution >= 4 is 33.9 Å². The number of imidazole rings is 2. The first-order valence-corrected chi connectivity index (χ1v) is 26.5. The largest absolute Gasteiger partial charge is 0.507 e.